The molecule has 0 aliphatic carbocycles. The van der Waals surface area contributed by atoms with E-state index < -0.39 is 11.9 Å². The van der Waals surface area contributed by atoms with Crippen LogP contribution in [0.15, 0.2) is 36.4 Å². The normalized spacial score (nSPS) is 13.9. The number of likely N-dealkylation sites (N-methyl/N-ethyl adjacent to an activating group) is 1. The summed E-state index contributed by atoms with van der Waals surface area (Å²) in [6.45, 7) is 1.75. The fraction of sp³-hybridized carbons (Fsp3) is 0.300. The predicted octanol–water partition coefficient (Wildman–Crippen LogP) is 1.97. The molecule has 0 saturated carbocycles. The Kier molecular flexibility index (Phi) is 5.39. The summed E-state index contributed by atoms with van der Waals surface area (Å²) in [5, 5.41) is 4.94. The molecule has 2 aromatic carbocycles. The molecule has 0 fully saturated rings. The van der Waals surface area contributed by atoms with Gasteiger partial charge >= 0.3 is 6.03 Å². The zero-order chi connectivity index (χ0) is 20.2. The molecule has 0 bridgehead atoms. The number of carbonyl (C=O) groups is 2. The number of nitrogens with one attached hydrogen (secondary N) is 2. The molecule has 4 rings (SSSR count). The number of imide groups is 1. The zero-order valence-electron chi connectivity index (χ0n) is 15.9. The molecular formula is C20H21N3O6. The van der Waals surface area contributed by atoms with Gasteiger partial charge in [0.2, 0.25) is 12.7 Å². The number of fused-ring (bicyclic) bond motifs is 2. The van der Waals surface area contributed by atoms with E-state index in [1.54, 1.807) is 30.1 Å². The van der Waals surface area contributed by atoms with Gasteiger partial charge in [0, 0.05) is 18.3 Å². The Hall–Kier alpha value is -3.46. The van der Waals surface area contributed by atoms with Crippen LogP contribution in [0.5, 0.6) is 23.0 Å². The Bertz CT molecular complexity index is 932. The summed E-state index contributed by atoms with van der Waals surface area (Å²) in [7, 11) is 1.79. The minimum atomic E-state index is -0.608. The predicted molar refractivity (Wildman–Crippen MR) is 103 cm³/mol. The lowest BCUT2D eigenvalue weighted by Crippen LogP contribution is -2.40. The highest BCUT2D eigenvalue weighted by Crippen LogP contribution is 2.33. The molecule has 9 heteroatoms. The molecule has 0 atom stereocenters. The van der Waals surface area contributed by atoms with Crippen LogP contribution >= 0.6 is 0 Å². The first-order chi connectivity index (χ1) is 14.1. The number of hydrogen-bond acceptors (Lipinski definition) is 7. The topological polar surface area (TPSA) is 98.4 Å². The van der Waals surface area contributed by atoms with Crippen LogP contribution in [0.25, 0.3) is 0 Å². The minimum Gasteiger partial charge on any atom is -0.486 e. The fourth-order valence-electron chi connectivity index (χ4n) is 3.10. The van der Waals surface area contributed by atoms with Crippen LogP contribution in [-0.4, -0.2) is 50.4 Å². The van der Waals surface area contributed by atoms with Crippen LogP contribution in [0.1, 0.15) is 5.56 Å². The molecular weight excluding hydrogens is 378 g/mol. The highest BCUT2D eigenvalue weighted by Gasteiger charge is 2.16. The van der Waals surface area contributed by atoms with Gasteiger partial charge in [-0.1, -0.05) is 6.07 Å². The highest BCUT2D eigenvalue weighted by molar-refractivity contribution is 6.01. The van der Waals surface area contributed by atoms with Crippen molar-refractivity contribution in [1.82, 2.24) is 10.2 Å². The van der Waals surface area contributed by atoms with Crippen LogP contribution in [0.3, 0.4) is 0 Å². The molecule has 0 aromatic heterocycles. The maximum Gasteiger partial charge on any atom is 0.325 e. The molecule has 2 aliphatic rings. The van der Waals surface area contributed by atoms with E-state index in [9.17, 15) is 9.59 Å². The van der Waals surface area contributed by atoms with Gasteiger partial charge in [-0.15, -0.1) is 0 Å². The maximum atomic E-state index is 12.2. The lowest BCUT2D eigenvalue weighted by Gasteiger charge is -2.19. The van der Waals surface area contributed by atoms with Crippen molar-refractivity contribution in [3.63, 3.8) is 0 Å². The standard InChI is InChI=1S/C20H21N3O6/c1-23(10-13-2-4-16-17(8-13)29-12-28-16)11-19(24)22-20(25)21-14-3-5-15-18(9-14)27-7-6-26-15/h2-5,8-9H,6-7,10-12H2,1H3,(H2,21,22,24,25). The van der Waals surface area contributed by atoms with E-state index in [0.717, 1.165) is 5.56 Å². The monoisotopic (exact) mass is 399 g/mol. The van der Waals surface area contributed by atoms with Crippen molar-refractivity contribution < 1.29 is 28.5 Å². The van der Waals surface area contributed by atoms with E-state index >= 15 is 0 Å². The minimum absolute atomic E-state index is 0.0585. The lowest BCUT2D eigenvalue weighted by atomic mass is 10.2. The van der Waals surface area contributed by atoms with Crippen LogP contribution in [0, 0.1) is 0 Å². The van der Waals surface area contributed by atoms with E-state index in [-0.39, 0.29) is 13.3 Å². The van der Waals surface area contributed by atoms with E-state index in [4.69, 9.17) is 18.9 Å². The largest absolute Gasteiger partial charge is 0.486 e. The SMILES string of the molecule is CN(CC(=O)NC(=O)Nc1ccc2c(c1)OCCO2)Cc1ccc2c(c1)OCO2. The quantitative estimate of drug-likeness (QED) is 0.793. The Labute approximate surface area is 167 Å². The molecule has 2 aromatic rings. The number of hydrogen-bond donors (Lipinski definition) is 2. The first-order valence-corrected chi connectivity index (χ1v) is 9.14. The van der Waals surface area contributed by atoms with Crippen LogP contribution in [0.2, 0.25) is 0 Å². The summed E-state index contributed by atoms with van der Waals surface area (Å²) in [5.74, 6) is 2.18. The Morgan fingerprint density at radius 1 is 0.931 bits per heavy atom. The number of benzene rings is 2. The van der Waals surface area contributed by atoms with Crippen molar-refractivity contribution in [2.75, 3.05) is 38.9 Å². The van der Waals surface area contributed by atoms with Crippen LogP contribution < -0.4 is 29.6 Å². The number of nitrogens with zero attached hydrogens (tertiary/aromatic N) is 1. The summed E-state index contributed by atoms with van der Waals surface area (Å²) < 4.78 is 21.6. The van der Waals surface area contributed by atoms with Crippen molar-refractivity contribution in [2.24, 2.45) is 0 Å². The van der Waals surface area contributed by atoms with Gasteiger partial charge < -0.3 is 24.3 Å². The molecule has 2 aliphatic heterocycles. The molecule has 9 nitrogen and oxygen atoms in total. The van der Waals surface area contributed by atoms with E-state index in [2.05, 4.69) is 10.6 Å². The third kappa shape index (κ3) is 4.69. The first kappa shape index (κ1) is 18.9. The van der Waals surface area contributed by atoms with Crippen molar-refractivity contribution >= 4 is 17.6 Å². The number of rotatable bonds is 5. The Balaban J connectivity index is 1.26. The van der Waals surface area contributed by atoms with Crippen LogP contribution in [-0.2, 0) is 11.3 Å². The number of anilines is 1. The van der Waals surface area contributed by atoms with Crippen molar-refractivity contribution in [2.45, 2.75) is 6.54 Å². The average molecular weight is 399 g/mol. The van der Waals surface area contributed by atoms with Gasteiger partial charge in [0.25, 0.3) is 0 Å². The summed E-state index contributed by atoms with van der Waals surface area (Å²) in [5.41, 5.74) is 1.48. The van der Waals surface area contributed by atoms with Crippen molar-refractivity contribution in [3.05, 3.63) is 42.0 Å². The molecule has 0 saturated heterocycles. The summed E-state index contributed by atoms with van der Waals surface area (Å²) in [6, 6.07) is 10.1. The lowest BCUT2D eigenvalue weighted by molar-refractivity contribution is -0.120. The second-order valence-corrected chi connectivity index (χ2v) is 6.72. The number of ether oxygens (including phenoxy) is 4. The van der Waals surface area contributed by atoms with Gasteiger partial charge in [0.1, 0.15) is 13.2 Å². The van der Waals surface area contributed by atoms with E-state index in [0.29, 0.717) is 48.4 Å². The summed E-state index contributed by atoms with van der Waals surface area (Å²) in [4.78, 5) is 26.1. The van der Waals surface area contributed by atoms with E-state index in [1.807, 2.05) is 18.2 Å². The van der Waals surface area contributed by atoms with Gasteiger partial charge in [-0.3, -0.25) is 15.0 Å². The summed E-state index contributed by atoms with van der Waals surface area (Å²) >= 11 is 0. The van der Waals surface area contributed by atoms with Crippen molar-refractivity contribution in [1.29, 1.82) is 0 Å². The van der Waals surface area contributed by atoms with Crippen molar-refractivity contribution in [3.8, 4) is 23.0 Å². The second kappa shape index (κ2) is 8.27. The van der Waals surface area contributed by atoms with Gasteiger partial charge in [-0.2, -0.15) is 0 Å². The smallest absolute Gasteiger partial charge is 0.325 e. The molecule has 0 unspecified atom stereocenters. The number of amides is 3. The molecule has 0 radical (unpaired) electrons. The van der Waals surface area contributed by atoms with Crippen LogP contribution in [0.4, 0.5) is 10.5 Å². The third-order valence-electron chi connectivity index (χ3n) is 4.36. The van der Waals surface area contributed by atoms with Gasteiger partial charge in [-0.05, 0) is 36.9 Å². The molecule has 2 N–H and O–H groups in total. The zero-order valence-corrected chi connectivity index (χ0v) is 15.9. The molecule has 0 spiro atoms. The maximum absolute atomic E-state index is 12.2. The fourth-order valence-corrected chi connectivity index (χ4v) is 3.10. The van der Waals surface area contributed by atoms with Gasteiger partial charge in [0.05, 0.1) is 6.54 Å². The Morgan fingerprint density at radius 2 is 1.62 bits per heavy atom. The Morgan fingerprint density at radius 3 is 2.48 bits per heavy atom. The molecule has 29 heavy (non-hydrogen) atoms. The summed E-state index contributed by atoms with van der Waals surface area (Å²) in [6.07, 6.45) is 0. The molecule has 152 valence electrons. The highest BCUT2D eigenvalue weighted by atomic mass is 16.7. The average Bonchev–Trinajstić information content (AvgIpc) is 3.15. The number of urea groups is 1. The molecule has 3 amide bonds. The third-order valence-corrected chi connectivity index (χ3v) is 4.36. The van der Waals surface area contributed by atoms with Gasteiger partial charge in [-0.25, -0.2) is 4.79 Å². The van der Waals surface area contributed by atoms with Gasteiger partial charge in [0.15, 0.2) is 23.0 Å². The van der Waals surface area contributed by atoms with E-state index in [1.165, 1.54) is 0 Å². The first-order valence-electron chi connectivity index (χ1n) is 9.14. The molecule has 2 heterocycles. The second-order valence-electron chi connectivity index (χ2n) is 6.72. The number of carbonyl (C=O) groups excluding carboxylic acids is 2.